The van der Waals surface area contributed by atoms with E-state index < -0.39 is 23.0 Å². The number of hydrogen-bond donors (Lipinski definition) is 1. The minimum atomic E-state index is -4.81. The number of rotatable bonds is 5. The molecule has 5 rings (SSSR count). The van der Waals surface area contributed by atoms with Gasteiger partial charge < -0.3 is 14.8 Å². The van der Waals surface area contributed by atoms with E-state index in [1.54, 1.807) is 12.1 Å². The maximum atomic E-state index is 13.5. The lowest BCUT2D eigenvalue weighted by molar-refractivity contribution is -0.384. The molecule has 0 spiro atoms. The minimum Gasteiger partial charge on any atom is -0.493 e. The molecule has 2 aliphatic rings. The van der Waals surface area contributed by atoms with Gasteiger partial charge in [0.15, 0.2) is 17.3 Å². The van der Waals surface area contributed by atoms with Gasteiger partial charge in [0.05, 0.1) is 19.1 Å². The Bertz CT molecular complexity index is 1430. The van der Waals surface area contributed by atoms with Crippen LogP contribution in [-0.2, 0) is 11.0 Å². The number of non-ortho nitro benzene ring substituents is 1. The largest absolute Gasteiger partial charge is 0.493 e. The fraction of sp³-hybridized carbons (Fsp3) is 0.292. The fourth-order valence-corrected chi connectivity index (χ4v) is 4.76. The van der Waals surface area contributed by atoms with Gasteiger partial charge in [0.2, 0.25) is 5.95 Å². The van der Waals surface area contributed by atoms with Gasteiger partial charge >= 0.3 is 6.18 Å². The molecular weight excluding hydrogens is 495 g/mol. The quantitative estimate of drug-likeness (QED) is 0.385. The first kappa shape index (κ1) is 24.3. The predicted octanol–water partition coefficient (Wildman–Crippen LogP) is 4.64. The second-order valence-electron chi connectivity index (χ2n) is 8.61. The first-order valence-electron chi connectivity index (χ1n) is 11.1. The smallest absolute Gasteiger partial charge is 0.453 e. The lowest BCUT2D eigenvalue weighted by Gasteiger charge is -2.35. The Kier molecular flexibility index (Phi) is 5.85. The van der Waals surface area contributed by atoms with E-state index in [-0.39, 0.29) is 35.3 Å². The summed E-state index contributed by atoms with van der Waals surface area (Å²) in [7, 11) is 3.01. The Morgan fingerprint density at radius 2 is 1.73 bits per heavy atom. The molecule has 10 nitrogen and oxygen atoms in total. The number of nitrogens with one attached hydrogen (secondary N) is 1. The minimum absolute atomic E-state index is 0.0929. The Morgan fingerprint density at radius 1 is 1.05 bits per heavy atom. The molecule has 0 amide bonds. The van der Waals surface area contributed by atoms with Crippen LogP contribution in [0, 0.1) is 10.1 Å². The van der Waals surface area contributed by atoms with Crippen molar-refractivity contribution < 1.29 is 32.4 Å². The van der Waals surface area contributed by atoms with E-state index in [4.69, 9.17) is 9.47 Å². The molecule has 1 N–H and O–H groups in total. The van der Waals surface area contributed by atoms with Crippen LogP contribution in [0.1, 0.15) is 41.8 Å². The number of anilines is 1. The van der Waals surface area contributed by atoms with Gasteiger partial charge in [-0.15, -0.1) is 5.10 Å². The van der Waals surface area contributed by atoms with Crippen LogP contribution in [-0.4, -0.2) is 39.7 Å². The lowest BCUT2D eigenvalue weighted by Crippen LogP contribution is -2.33. The summed E-state index contributed by atoms with van der Waals surface area (Å²) >= 11 is 0. The molecule has 0 fully saturated rings. The van der Waals surface area contributed by atoms with Gasteiger partial charge in [0.1, 0.15) is 6.04 Å². The first-order valence-corrected chi connectivity index (χ1v) is 11.1. The first-order chi connectivity index (χ1) is 17.6. The van der Waals surface area contributed by atoms with E-state index in [2.05, 4.69) is 15.4 Å². The maximum absolute atomic E-state index is 13.5. The SMILES string of the molecule is COc1ccc(C2CC(=O)C3=C(C2)Nc2nc(C(F)(F)F)nn2C3c2ccc([N+](=O)[O-])cc2)cc1OC. The van der Waals surface area contributed by atoms with Crippen LogP contribution in [0.4, 0.5) is 24.8 Å². The van der Waals surface area contributed by atoms with E-state index in [1.165, 1.54) is 38.5 Å². The van der Waals surface area contributed by atoms with Crippen molar-refractivity contribution in [2.45, 2.75) is 31.0 Å². The molecule has 192 valence electrons. The number of aromatic nitrogens is 3. The Morgan fingerprint density at radius 3 is 2.35 bits per heavy atom. The molecule has 3 aromatic rings. The van der Waals surface area contributed by atoms with Crippen molar-refractivity contribution in [2.75, 3.05) is 19.5 Å². The molecule has 1 aliphatic carbocycles. The van der Waals surface area contributed by atoms with Crippen molar-refractivity contribution in [3.63, 3.8) is 0 Å². The number of nitro benzene ring substituents is 1. The molecule has 1 aliphatic heterocycles. The molecule has 0 saturated heterocycles. The monoisotopic (exact) mass is 515 g/mol. The summed E-state index contributed by atoms with van der Waals surface area (Å²) in [6.07, 6.45) is -4.40. The number of methoxy groups -OCH3 is 2. The highest BCUT2D eigenvalue weighted by Gasteiger charge is 2.43. The highest BCUT2D eigenvalue weighted by Crippen LogP contribution is 2.46. The lowest BCUT2D eigenvalue weighted by atomic mass is 9.78. The predicted molar refractivity (Wildman–Crippen MR) is 123 cm³/mol. The number of halogens is 3. The molecule has 2 aromatic carbocycles. The van der Waals surface area contributed by atoms with Crippen LogP contribution in [0.5, 0.6) is 11.5 Å². The number of nitro groups is 1. The van der Waals surface area contributed by atoms with Crippen LogP contribution >= 0.6 is 0 Å². The highest BCUT2D eigenvalue weighted by atomic mass is 19.4. The van der Waals surface area contributed by atoms with Gasteiger partial charge in [-0.3, -0.25) is 14.9 Å². The van der Waals surface area contributed by atoms with E-state index in [1.807, 2.05) is 6.07 Å². The molecule has 1 aromatic heterocycles. The Balaban J connectivity index is 1.59. The number of benzene rings is 2. The third kappa shape index (κ3) is 4.26. The molecule has 2 atom stereocenters. The van der Waals surface area contributed by atoms with Crippen LogP contribution in [0.3, 0.4) is 0 Å². The van der Waals surface area contributed by atoms with Crippen LogP contribution in [0.25, 0.3) is 0 Å². The van der Waals surface area contributed by atoms with Crippen molar-refractivity contribution in [3.05, 3.63) is 80.8 Å². The average Bonchev–Trinajstić information content (AvgIpc) is 3.31. The van der Waals surface area contributed by atoms with E-state index >= 15 is 0 Å². The average molecular weight is 515 g/mol. The summed E-state index contributed by atoms with van der Waals surface area (Å²) < 4.78 is 52.1. The topological polar surface area (TPSA) is 121 Å². The summed E-state index contributed by atoms with van der Waals surface area (Å²) in [5, 5.41) is 17.6. The summed E-state index contributed by atoms with van der Waals surface area (Å²) in [5.41, 5.74) is 1.65. The number of carbonyl (C=O) groups is 1. The second kappa shape index (κ2) is 8.91. The van der Waals surface area contributed by atoms with Gasteiger partial charge in [0, 0.05) is 29.8 Å². The van der Waals surface area contributed by atoms with E-state index in [0.29, 0.717) is 29.2 Å². The zero-order valence-corrected chi connectivity index (χ0v) is 19.6. The van der Waals surface area contributed by atoms with Gasteiger partial charge in [-0.1, -0.05) is 6.07 Å². The van der Waals surface area contributed by atoms with Crippen molar-refractivity contribution in [2.24, 2.45) is 0 Å². The summed E-state index contributed by atoms with van der Waals surface area (Å²) in [5.74, 6) is -1.09. The second-order valence-corrected chi connectivity index (χ2v) is 8.61. The molecular formula is C24H20F3N5O5. The van der Waals surface area contributed by atoms with E-state index in [0.717, 1.165) is 10.2 Å². The third-order valence-corrected chi connectivity index (χ3v) is 6.47. The number of fused-ring (bicyclic) bond motifs is 1. The molecule has 0 bridgehead atoms. The number of ketones is 1. The zero-order chi connectivity index (χ0) is 26.5. The molecule has 0 saturated carbocycles. The standard InChI is InChI=1S/C24H20F3N5O5/c1-36-18-8-5-13(11-19(18)37-2)14-9-16-20(17(33)10-14)21(12-3-6-15(7-4-12)32(34)35)31-23(28-16)29-22(30-31)24(25,26)27/h3-8,11,14,21H,9-10H2,1-2H3,(H,28,29,30). The summed E-state index contributed by atoms with van der Waals surface area (Å²) in [6, 6.07) is 9.56. The van der Waals surface area contributed by atoms with Crippen molar-refractivity contribution in [1.29, 1.82) is 0 Å². The number of alkyl halides is 3. The molecule has 2 heterocycles. The maximum Gasteiger partial charge on any atom is 0.453 e. The van der Waals surface area contributed by atoms with Crippen LogP contribution in [0.15, 0.2) is 53.7 Å². The number of allylic oxidation sites excluding steroid dienone is 2. The molecule has 0 radical (unpaired) electrons. The summed E-state index contributed by atoms with van der Waals surface area (Å²) in [4.78, 5) is 27.7. The summed E-state index contributed by atoms with van der Waals surface area (Å²) in [6.45, 7) is 0. The molecule has 37 heavy (non-hydrogen) atoms. The number of carbonyl (C=O) groups excluding carboxylic acids is 1. The van der Waals surface area contributed by atoms with Gasteiger partial charge in [-0.25, -0.2) is 4.68 Å². The number of hydrogen-bond acceptors (Lipinski definition) is 8. The van der Waals surface area contributed by atoms with Gasteiger partial charge in [-0.05, 0) is 47.7 Å². The molecule has 2 unspecified atom stereocenters. The number of nitrogens with zero attached hydrogens (tertiary/aromatic N) is 4. The van der Waals surface area contributed by atoms with Gasteiger partial charge in [-0.2, -0.15) is 18.2 Å². The van der Waals surface area contributed by atoms with Crippen molar-refractivity contribution >= 4 is 17.4 Å². The molecule has 13 heteroatoms. The van der Waals surface area contributed by atoms with Crippen molar-refractivity contribution in [1.82, 2.24) is 14.8 Å². The highest BCUT2D eigenvalue weighted by molar-refractivity contribution is 6.00. The Labute approximate surface area is 207 Å². The zero-order valence-electron chi connectivity index (χ0n) is 19.6. The van der Waals surface area contributed by atoms with Crippen LogP contribution in [0.2, 0.25) is 0 Å². The number of Topliss-reactive ketones (excluding diaryl/α,β-unsaturated/α-hetero) is 1. The number of ether oxygens (including phenoxy) is 2. The normalized spacial score (nSPS) is 19.1. The third-order valence-electron chi connectivity index (χ3n) is 6.47. The fourth-order valence-electron chi connectivity index (χ4n) is 4.76. The van der Waals surface area contributed by atoms with E-state index in [9.17, 15) is 28.1 Å². The van der Waals surface area contributed by atoms with Crippen LogP contribution < -0.4 is 14.8 Å². The van der Waals surface area contributed by atoms with Crippen molar-refractivity contribution in [3.8, 4) is 11.5 Å². The Hall–Kier alpha value is -4.42. The van der Waals surface area contributed by atoms with Gasteiger partial charge in [0.25, 0.3) is 11.5 Å².